The highest BCUT2D eigenvalue weighted by Crippen LogP contribution is 2.21. The third kappa shape index (κ3) is 2.30. The van der Waals surface area contributed by atoms with Crippen LogP contribution in [-0.4, -0.2) is 36.1 Å². The number of carbonyl (C=O) groups is 1. The van der Waals surface area contributed by atoms with Crippen LogP contribution in [0.25, 0.3) is 0 Å². The van der Waals surface area contributed by atoms with Gasteiger partial charge in [0.2, 0.25) is 0 Å². The second-order valence-corrected chi connectivity index (χ2v) is 4.80. The molecule has 1 fully saturated rings. The predicted octanol–water partition coefficient (Wildman–Crippen LogP) is 2.29. The van der Waals surface area contributed by atoms with Gasteiger partial charge >= 0.3 is 0 Å². The van der Waals surface area contributed by atoms with Crippen molar-refractivity contribution in [1.29, 1.82) is 0 Å². The molecule has 0 bridgehead atoms. The quantitative estimate of drug-likeness (QED) is 0.796. The Balaban J connectivity index is 2.13. The van der Waals surface area contributed by atoms with Gasteiger partial charge in [0.25, 0.3) is 5.91 Å². The van der Waals surface area contributed by atoms with Gasteiger partial charge in [-0.15, -0.1) is 0 Å². The zero-order chi connectivity index (χ0) is 11.7. The van der Waals surface area contributed by atoms with Crippen LogP contribution in [0.2, 0.25) is 0 Å². The molecule has 2 heterocycles. The molecule has 1 aliphatic rings. The third-order valence-corrected chi connectivity index (χ3v) is 3.17. The summed E-state index contributed by atoms with van der Waals surface area (Å²) in [4.78, 5) is 14.0. The number of nitrogens with zero attached hydrogens (tertiary/aromatic N) is 1. The molecule has 1 amide bonds. The van der Waals surface area contributed by atoms with Crippen LogP contribution in [0.3, 0.4) is 0 Å². The van der Waals surface area contributed by atoms with E-state index < -0.39 is 0 Å². The van der Waals surface area contributed by atoms with Crippen LogP contribution in [0.15, 0.2) is 21.4 Å². The average Bonchev–Trinajstić information content (AvgIpc) is 2.62. The molecular weight excluding hydrogens is 274 g/mol. The third-order valence-electron chi connectivity index (χ3n) is 2.56. The molecule has 0 aliphatic carbocycles. The molecule has 88 valence electrons. The van der Waals surface area contributed by atoms with Crippen molar-refractivity contribution in [3.8, 4) is 0 Å². The van der Waals surface area contributed by atoms with Gasteiger partial charge in [-0.2, -0.15) is 0 Å². The first kappa shape index (κ1) is 11.7. The molecule has 0 saturated carbocycles. The van der Waals surface area contributed by atoms with E-state index in [-0.39, 0.29) is 18.1 Å². The van der Waals surface area contributed by atoms with Gasteiger partial charge in [0, 0.05) is 13.1 Å². The lowest BCUT2D eigenvalue weighted by Gasteiger charge is -2.35. The first-order valence-electron chi connectivity index (χ1n) is 5.25. The predicted molar refractivity (Wildman–Crippen MR) is 62.3 cm³/mol. The van der Waals surface area contributed by atoms with Crippen LogP contribution in [0.1, 0.15) is 24.2 Å². The largest absolute Gasteiger partial charge is 0.457 e. The molecule has 5 heteroatoms. The van der Waals surface area contributed by atoms with E-state index in [1.165, 1.54) is 6.26 Å². The van der Waals surface area contributed by atoms with E-state index in [1.807, 2.05) is 13.8 Å². The minimum Gasteiger partial charge on any atom is -0.457 e. The van der Waals surface area contributed by atoms with Crippen LogP contribution in [-0.2, 0) is 4.74 Å². The topological polar surface area (TPSA) is 42.7 Å². The maximum Gasteiger partial charge on any atom is 0.258 e. The lowest BCUT2D eigenvalue weighted by molar-refractivity contribution is -0.0586. The Hall–Kier alpha value is -0.810. The first-order valence-corrected chi connectivity index (χ1v) is 6.05. The summed E-state index contributed by atoms with van der Waals surface area (Å²) in [6.07, 6.45) is 1.67. The normalized spacial score (nSPS) is 25.8. The van der Waals surface area contributed by atoms with Crippen molar-refractivity contribution in [2.24, 2.45) is 0 Å². The lowest BCUT2D eigenvalue weighted by Crippen LogP contribution is -2.48. The molecule has 1 saturated heterocycles. The van der Waals surface area contributed by atoms with Gasteiger partial charge in [-0.3, -0.25) is 4.79 Å². The molecule has 2 atom stereocenters. The lowest BCUT2D eigenvalue weighted by atomic mass is 10.2. The summed E-state index contributed by atoms with van der Waals surface area (Å²) in [6.45, 7) is 5.20. The van der Waals surface area contributed by atoms with Gasteiger partial charge in [-0.1, -0.05) is 0 Å². The van der Waals surface area contributed by atoms with E-state index in [0.29, 0.717) is 23.3 Å². The van der Waals surface area contributed by atoms with Gasteiger partial charge in [0.05, 0.1) is 24.0 Å². The standard InChI is InChI=1S/C11H14BrNO3/c1-7-5-13(6-8(2)16-7)11(14)9-3-4-15-10(9)12/h3-4,7-8H,5-6H2,1-2H3/t7-,8+. The van der Waals surface area contributed by atoms with Crippen LogP contribution in [0.5, 0.6) is 0 Å². The number of rotatable bonds is 1. The van der Waals surface area contributed by atoms with Crippen LogP contribution in [0.4, 0.5) is 0 Å². The number of amides is 1. The fourth-order valence-electron chi connectivity index (χ4n) is 1.96. The highest BCUT2D eigenvalue weighted by atomic mass is 79.9. The molecule has 0 N–H and O–H groups in total. The van der Waals surface area contributed by atoms with Crippen molar-refractivity contribution in [3.63, 3.8) is 0 Å². The Morgan fingerprint density at radius 1 is 1.44 bits per heavy atom. The fourth-order valence-corrected chi connectivity index (χ4v) is 2.37. The Morgan fingerprint density at radius 3 is 2.56 bits per heavy atom. The number of hydrogen-bond donors (Lipinski definition) is 0. The van der Waals surface area contributed by atoms with Gasteiger partial charge < -0.3 is 14.1 Å². The molecular formula is C11H14BrNO3. The van der Waals surface area contributed by atoms with Crippen LogP contribution in [0, 0.1) is 0 Å². The number of hydrogen-bond acceptors (Lipinski definition) is 3. The monoisotopic (exact) mass is 287 g/mol. The van der Waals surface area contributed by atoms with E-state index >= 15 is 0 Å². The van der Waals surface area contributed by atoms with Gasteiger partial charge in [0.15, 0.2) is 4.67 Å². The SMILES string of the molecule is C[C@@H]1CN(C(=O)c2ccoc2Br)C[C@H](C)O1. The number of morpholine rings is 1. The number of furan rings is 1. The van der Waals surface area contributed by atoms with Crippen molar-refractivity contribution < 1.29 is 13.9 Å². The molecule has 4 nitrogen and oxygen atoms in total. The van der Waals surface area contributed by atoms with Gasteiger partial charge in [0.1, 0.15) is 0 Å². The van der Waals surface area contributed by atoms with Gasteiger partial charge in [-0.25, -0.2) is 0 Å². The molecule has 0 radical (unpaired) electrons. The van der Waals surface area contributed by atoms with E-state index in [4.69, 9.17) is 9.15 Å². The average molecular weight is 288 g/mol. The van der Waals surface area contributed by atoms with Crippen LogP contribution >= 0.6 is 15.9 Å². The van der Waals surface area contributed by atoms with Crippen molar-refractivity contribution in [3.05, 3.63) is 22.6 Å². The Morgan fingerprint density at radius 2 is 2.06 bits per heavy atom. The molecule has 16 heavy (non-hydrogen) atoms. The van der Waals surface area contributed by atoms with Gasteiger partial charge in [-0.05, 0) is 35.8 Å². The van der Waals surface area contributed by atoms with Crippen molar-refractivity contribution >= 4 is 21.8 Å². The number of halogens is 1. The number of carbonyl (C=O) groups excluding carboxylic acids is 1. The van der Waals surface area contributed by atoms with E-state index in [2.05, 4.69) is 15.9 Å². The zero-order valence-electron chi connectivity index (χ0n) is 9.27. The summed E-state index contributed by atoms with van der Waals surface area (Å²) in [5, 5.41) is 0. The molecule has 0 aromatic carbocycles. The maximum absolute atomic E-state index is 12.2. The molecule has 1 aromatic rings. The number of ether oxygens (including phenoxy) is 1. The summed E-state index contributed by atoms with van der Waals surface area (Å²) in [5.41, 5.74) is 0.571. The summed E-state index contributed by atoms with van der Waals surface area (Å²) in [6, 6.07) is 1.68. The summed E-state index contributed by atoms with van der Waals surface area (Å²) >= 11 is 3.22. The smallest absolute Gasteiger partial charge is 0.258 e. The van der Waals surface area contributed by atoms with E-state index in [0.717, 1.165) is 0 Å². The van der Waals surface area contributed by atoms with Crippen molar-refractivity contribution in [1.82, 2.24) is 4.90 Å². The summed E-state index contributed by atoms with van der Waals surface area (Å²) in [5.74, 6) is -0.0115. The Bertz CT molecular complexity index is 380. The highest BCUT2D eigenvalue weighted by molar-refractivity contribution is 9.10. The highest BCUT2D eigenvalue weighted by Gasteiger charge is 2.28. The molecule has 0 unspecified atom stereocenters. The van der Waals surface area contributed by atoms with E-state index in [9.17, 15) is 4.79 Å². The second kappa shape index (κ2) is 4.59. The molecule has 1 aliphatic heterocycles. The second-order valence-electron chi connectivity index (χ2n) is 4.08. The minimum atomic E-state index is -0.0115. The molecule has 0 spiro atoms. The molecule has 1 aromatic heterocycles. The first-order chi connectivity index (χ1) is 7.58. The maximum atomic E-state index is 12.2. The Kier molecular flexibility index (Phi) is 3.35. The Labute approximate surface area is 103 Å². The van der Waals surface area contributed by atoms with Crippen LogP contribution < -0.4 is 0 Å². The summed E-state index contributed by atoms with van der Waals surface area (Å²) in [7, 11) is 0. The van der Waals surface area contributed by atoms with Crippen molar-refractivity contribution in [2.75, 3.05) is 13.1 Å². The minimum absolute atomic E-state index is 0.0115. The molecule has 2 rings (SSSR count). The van der Waals surface area contributed by atoms with Crippen molar-refractivity contribution in [2.45, 2.75) is 26.1 Å². The zero-order valence-corrected chi connectivity index (χ0v) is 10.9. The fraction of sp³-hybridized carbons (Fsp3) is 0.545. The summed E-state index contributed by atoms with van der Waals surface area (Å²) < 4.78 is 11.1. The van der Waals surface area contributed by atoms with E-state index in [1.54, 1.807) is 11.0 Å².